The quantitative estimate of drug-likeness (QED) is 0.406. The van der Waals surface area contributed by atoms with E-state index < -0.39 is 0 Å². The molecule has 1 unspecified atom stereocenters. The fourth-order valence-electron chi connectivity index (χ4n) is 1.76. The average Bonchev–Trinajstić information content (AvgIpc) is 3.02. The van der Waals surface area contributed by atoms with Crippen molar-refractivity contribution >= 4 is 40.1 Å². The molecule has 1 aromatic heterocycles. The zero-order valence-corrected chi connectivity index (χ0v) is 15.6. The third-order valence-corrected chi connectivity index (χ3v) is 4.89. The molecule has 0 saturated carbocycles. The fraction of sp³-hybridized carbons (Fsp3) is 0.375. The van der Waals surface area contributed by atoms with Gasteiger partial charge in [0.2, 0.25) is 5.13 Å². The number of hydrogen-bond donors (Lipinski definition) is 1. The summed E-state index contributed by atoms with van der Waals surface area (Å²) < 4.78 is 10.9. The van der Waals surface area contributed by atoms with E-state index in [4.69, 9.17) is 9.47 Å². The van der Waals surface area contributed by atoms with Gasteiger partial charge < -0.3 is 9.47 Å². The molecule has 0 aliphatic heterocycles. The van der Waals surface area contributed by atoms with Gasteiger partial charge in [0.25, 0.3) is 5.91 Å². The summed E-state index contributed by atoms with van der Waals surface area (Å²) in [6.07, 6.45) is 0. The van der Waals surface area contributed by atoms with Crippen molar-refractivity contribution in [2.24, 2.45) is 0 Å². The van der Waals surface area contributed by atoms with Crippen molar-refractivity contribution in [3.05, 3.63) is 35.9 Å². The van der Waals surface area contributed by atoms with Gasteiger partial charge in [0.15, 0.2) is 4.34 Å². The predicted molar refractivity (Wildman–Crippen MR) is 96.6 cm³/mol. The lowest BCUT2D eigenvalue weighted by Gasteiger charge is -2.06. The van der Waals surface area contributed by atoms with Crippen molar-refractivity contribution in [2.75, 3.05) is 18.5 Å². The first kappa shape index (κ1) is 19.4. The molecule has 9 heteroatoms. The van der Waals surface area contributed by atoms with Crippen LogP contribution in [0.1, 0.15) is 19.4 Å². The Hall–Kier alpha value is -1.97. The molecule has 1 heterocycles. The Kier molecular flexibility index (Phi) is 7.83. The molecule has 0 aliphatic carbocycles. The third-order valence-electron chi connectivity index (χ3n) is 2.89. The van der Waals surface area contributed by atoms with Gasteiger partial charge in [-0.05, 0) is 19.4 Å². The molecule has 2 rings (SSSR count). The highest BCUT2D eigenvalue weighted by atomic mass is 32.2. The van der Waals surface area contributed by atoms with Gasteiger partial charge in [-0.2, -0.15) is 0 Å². The van der Waals surface area contributed by atoms with Crippen LogP contribution >= 0.6 is 23.1 Å². The number of nitrogens with zero attached hydrogens (tertiary/aromatic N) is 2. The summed E-state index contributed by atoms with van der Waals surface area (Å²) in [5.41, 5.74) is 0.998. The van der Waals surface area contributed by atoms with Crippen LogP contribution in [0, 0.1) is 0 Å². The van der Waals surface area contributed by atoms with Crippen LogP contribution in [0.25, 0.3) is 0 Å². The van der Waals surface area contributed by atoms with Gasteiger partial charge in [-0.3, -0.25) is 14.9 Å². The van der Waals surface area contributed by atoms with E-state index in [0.717, 1.165) is 5.56 Å². The third kappa shape index (κ3) is 6.81. The molecule has 1 N–H and O–H groups in total. The lowest BCUT2D eigenvalue weighted by Crippen LogP contribution is -2.18. The summed E-state index contributed by atoms with van der Waals surface area (Å²) in [4.78, 5) is 23.4. The van der Waals surface area contributed by atoms with Crippen LogP contribution in [0.3, 0.4) is 0 Å². The number of amides is 1. The standard InChI is InChI=1S/C16H19N3O4S2/c1-3-23-14(21)11(2)24-16-19-18-15(25-16)17-13(20)10-22-9-12-7-5-4-6-8-12/h4-8,11H,3,9-10H2,1-2H3,(H,17,18,20). The number of anilines is 1. The number of hydrogen-bond acceptors (Lipinski definition) is 8. The molecule has 7 nitrogen and oxygen atoms in total. The molecule has 2 aromatic rings. The lowest BCUT2D eigenvalue weighted by atomic mass is 10.2. The fourth-order valence-corrected chi connectivity index (χ4v) is 3.67. The number of esters is 1. The number of carbonyl (C=O) groups excluding carboxylic acids is 2. The summed E-state index contributed by atoms with van der Waals surface area (Å²) >= 11 is 2.44. The second-order valence-electron chi connectivity index (χ2n) is 4.91. The monoisotopic (exact) mass is 381 g/mol. The van der Waals surface area contributed by atoms with Crippen LogP contribution in [0.4, 0.5) is 5.13 Å². The van der Waals surface area contributed by atoms with Crippen LogP contribution in [-0.4, -0.2) is 40.5 Å². The van der Waals surface area contributed by atoms with E-state index in [2.05, 4.69) is 15.5 Å². The zero-order chi connectivity index (χ0) is 18.1. The Balaban J connectivity index is 1.74. The van der Waals surface area contributed by atoms with Crippen LogP contribution in [0.15, 0.2) is 34.7 Å². The van der Waals surface area contributed by atoms with E-state index in [1.807, 2.05) is 30.3 Å². The first-order valence-electron chi connectivity index (χ1n) is 7.66. The van der Waals surface area contributed by atoms with E-state index in [0.29, 0.717) is 22.7 Å². The number of benzene rings is 1. The molecule has 1 aromatic carbocycles. The molecule has 1 atom stereocenters. The Labute approximate surface area is 154 Å². The van der Waals surface area contributed by atoms with Gasteiger partial charge in [-0.1, -0.05) is 53.4 Å². The number of thioether (sulfide) groups is 1. The summed E-state index contributed by atoms with van der Waals surface area (Å²) in [6.45, 7) is 4.12. The van der Waals surface area contributed by atoms with E-state index in [1.54, 1.807) is 13.8 Å². The molecule has 1 amide bonds. The highest BCUT2D eigenvalue weighted by Crippen LogP contribution is 2.29. The van der Waals surface area contributed by atoms with Crippen molar-refractivity contribution in [1.82, 2.24) is 10.2 Å². The maximum absolute atomic E-state index is 11.8. The van der Waals surface area contributed by atoms with E-state index >= 15 is 0 Å². The van der Waals surface area contributed by atoms with Crippen molar-refractivity contribution < 1.29 is 19.1 Å². The molecule has 134 valence electrons. The highest BCUT2D eigenvalue weighted by Gasteiger charge is 2.18. The molecular formula is C16H19N3O4S2. The zero-order valence-electron chi connectivity index (χ0n) is 13.9. The second-order valence-corrected chi connectivity index (χ2v) is 7.48. The molecular weight excluding hydrogens is 362 g/mol. The van der Waals surface area contributed by atoms with E-state index in [1.165, 1.54) is 23.1 Å². The maximum atomic E-state index is 11.8. The van der Waals surface area contributed by atoms with Crippen molar-refractivity contribution in [2.45, 2.75) is 30.0 Å². The average molecular weight is 381 g/mol. The largest absolute Gasteiger partial charge is 0.465 e. The Morgan fingerprint density at radius 2 is 2.04 bits per heavy atom. The van der Waals surface area contributed by atoms with Gasteiger partial charge in [-0.15, -0.1) is 10.2 Å². The van der Waals surface area contributed by atoms with E-state index in [-0.39, 0.29) is 23.7 Å². The summed E-state index contributed by atoms with van der Waals surface area (Å²) in [5.74, 6) is -0.607. The second kappa shape index (κ2) is 10.1. The Morgan fingerprint density at radius 1 is 1.28 bits per heavy atom. The molecule has 0 fully saturated rings. The van der Waals surface area contributed by atoms with Gasteiger partial charge >= 0.3 is 5.97 Å². The normalized spacial score (nSPS) is 11.8. The SMILES string of the molecule is CCOC(=O)C(C)Sc1nnc(NC(=O)COCc2ccccc2)s1. The summed E-state index contributed by atoms with van der Waals surface area (Å²) in [5, 5.41) is 10.4. The van der Waals surface area contributed by atoms with Gasteiger partial charge in [-0.25, -0.2) is 0 Å². The van der Waals surface area contributed by atoms with Gasteiger partial charge in [0.05, 0.1) is 13.2 Å². The predicted octanol–water partition coefficient (Wildman–Crippen LogP) is 2.74. The van der Waals surface area contributed by atoms with E-state index in [9.17, 15) is 9.59 Å². The molecule has 25 heavy (non-hydrogen) atoms. The number of carbonyl (C=O) groups is 2. The van der Waals surface area contributed by atoms with Crippen LogP contribution in [0.2, 0.25) is 0 Å². The minimum absolute atomic E-state index is 0.0732. The van der Waals surface area contributed by atoms with Crippen molar-refractivity contribution in [1.29, 1.82) is 0 Å². The smallest absolute Gasteiger partial charge is 0.319 e. The number of ether oxygens (including phenoxy) is 2. The van der Waals surface area contributed by atoms with Gasteiger partial charge in [0, 0.05) is 0 Å². The minimum Gasteiger partial charge on any atom is -0.465 e. The minimum atomic E-state index is -0.384. The maximum Gasteiger partial charge on any atom is 0.319 e. The molecule has 0 saturated heterocycles. The van der Waals surface area contributed by atoms with Gasteiger partial charge in [0.1, 0.15) is 11.9 Å². The Bertz CT molecular complexity index is 694. The lowest BCUT2D eigenvalue weighted by molar-refractivity contribution is -0.142. The highest BCUT2D eigenvalue weighted by molar-refractivity contribution is 8.02. The molecule has 0 aliphatic rings. The topological polar surface area (TPSA) is 90.4 Å². The summed E-state index contributed by atoms with van der Waals surface area (Å²) in [7, 11) is 0. The first-order valence-corrected chi connectivity index (χ1v) is 9.36. The number of rotatable bonds is 9. The van der Waals surface area contributed by atoms with Crippen LogP contribution in [0.5, 0.6) is 0 Å². The molecule has 0 bridgehead atoms. The molecule has 0 radical (unpaired) electrons. The number of nitrogens with one attached hydrogen (secondary N) is 1. The Morgan fingerprint density at radius 3 is 2.76 bits per heavy atom. The van der Waals surface area contributed by atoms with Crippen LogP contribution in [-0.2, 0) is 25.7 Å². The molecule has 0 spiro atoms. The van der Waals surface area contributed by atoms with Crippen LogP contribution < -0.4 is 5.32 Å². The number of aromatic nitrogens is 2. The summed E-state index contributed by atoms with van der Waals surface area (Å²) in [6, 6.07) is 9.60. The van der Waals surface area contributed by atoms with Crippen molar-refractivity contribution in [3.8, 4) is 0 Å². The van der Waals surface area contributed by atoms with Crippen molar-refractivity contribution in [3.63, 3.8) is 0 Å². The first-order chi connectivity index (χ1) is 12.1.